The fourth-order valence-corrected chi connectivity index (χ4v) is 6.02. The van der Waals surface area contributed by atoms with Crippen LogP contribution in [0.5, 0.6) is 11.5 Å². The minimum atomic E-state index is 0.0512. The minimum Gasteiger partial charge on any atom is -0.493 e. The molecule has 2 bridgehead atoms. The molecule has 0 radical (unpaired) electrons. The van der Waals surface area contributed by atoms with Crippen LogP contribution in [0.25, 0.3) is 0 Å². The number of aromatic nitrogens is 2. The molecule has 124 valence electrons. The standard InChI is InChI=1S/C19H21N3O2/c1-22-6-5-19-12-7-11-9-20-21-16(11)18(19)24-17-14(23-2)4-3-10(15(17)19)8-13(12)22/h3-4,9,12-13,18H,5-8H2,1-2H3,(H,20,21). The summed E-state index contributed by atoms with van der Waals surface area (Å²) in [7, 11) is 4.02. The molecule has 0 saturated carbocycles. The first-order valence-electron chi connectivity index (χ1n) is 8.83. The number of ether oxygens (including phenoxy) is 2. The third-order valence-electron chi connectivity index (χ3n) is 7.05. The summed E-state index contributed by atoms with van der Waals surface area (Å²) in [6, 6.07) is 4.92. The third-order valence-corrected chi connectivity index (χ3v) is 7.05. The van der Waals surface area contributed by atoms with Gasteiger partial charge >= 0.3 is 0 Å². The molecule has 3 heterocycles. The summed E-state index contributed by atoms with van der Waals surface area (Å²) >= 11 is 0. The van der Waals surface area contributed by atoms with Gasteiger partial charge in [-0.2, -0.15) is 5.10 Å². The Morgan fingerprint density at radius 3 is 3.12 bits per heavy atom. The number of benzene rings is 1. The first-order valence-corrected chi connectivity index (χ1v) is 8.83. The average molecular weight is 323 g/mol. The van der Waals surface area contributed by atoms with Crippen LogP contribution in [-0.2, 0) is 18.3 Å². The third kappa shape index (κ3) is 1.28. The van der Waals surface area contributed by atoms with E-state index in [1.807, 2.05) is 6.20 Å². The highest BCUT2D eigenvalue weighted by Gasteiger charge is 2.65. The van der Waals surface area contributed by atoms with E-state index in [-0.39, 0.29) is 11.5 Å². The molecule has 2 aliphatic heterocycles. The molecule has 1 saturated heterocycles. The second kappa shape index (κ2) is 4.14. The molecule has 1 N–H and O–H groups in total. The van der Waals surface area contributed by atoms with Crippen LogP contribution < -0.4 is 9.47 Å². The molecule has 6 rings (SSSR count). The van der Waals surface area contributed by atoms with Gasteiger partial charge in [0.15, 0.2) is 17.6 Å². The number of likely N-dealkylation sites (N-methyl/N-ethyl adjacent to an activating group) is 1. The number of piperidine rings is 1. The van der Waals surface area contributed by atoms with E-state index in [1.165, 1.54) is 22.4 Å². The van der Waals surface area contributed by atoms with Crippen LogP contribution in [0.2, 0.25) is 0 Å². The van der Waals surface area contributed by atoms with Crippen LogP contribution in [0.1, 0.15) is 34.9 Å². The summed E-state index contributed by atoms with van der Waals surface area (Å²) in [6.45, 7) is 1.13. The molecular weight excluding hydrogens is 302 g/mol. The Morgan fingerprint density at radius 2 is 2.25 bits per heavy atom. The van der Waals surface area contributed by atoms with Gasteiger partial charge in [-0.1, -0.05) is 6.07 Å². The highest BCUT2D eigenvalue weighted by Crippen LogP contribution is 2.66. The molecule has 4 atom stereocenters. The summed E-state index contributed by atoms with van der Waals surface area (Å²) in [4.78, 5) is 2.56. The fraction of sp³-hybridized carbons (Fsp3) is 0.526. The molecule has 4 aliphatic rings. The van der Waals surface area contributed by atoms with Gasteiger partial charge in [0.1, 0.15) is 0 Å². The molecule has 24 heavy (non-hydrogen) atoms. The van der Waals surface area contributed by atoms with Crippen LogP contribution in [0.3, 0.4) is 0 Å². The Morgan fingerprint density at radius 1 is 1.33 bits per heavy atom. The van der Waals surface area contributed by atoms with Crippen LogP contribution in [0, 0.1) is 5.92 Å². The maximum absolute atomic E-state index is 6.61. The summed E-state index contributed by atoms with van der Waals surface area (Å²) in [5.41, 5.74) is 5.47. The van der Waals surface area contributed by atoms with E-state index in [9.17, 15) is 0 Å². The van der Waals surface area contributed by atoms with E-state index >= 15 is 0 Å². The van der Waals surface area contributed by atoms with Crippen molar-refractivity contribution in [1.82, 2.24) is 15.1 Å². The zero-order chi connectivity index (χ0) is 16.1. The van der Waals surface area contributed by atoms with Crippen molar-refractivity contribution in [2.75, 3.05) is 20.7 Å². The zero-order valence-electron chi connectivity index (χ0n) is 14.0. The minimum absolute atomic E-state index is 0.0512. The Labute approximate surface area is 140 Å². The van der Waals surface area contributed by atoms with Gasteiger partial charge in [-0.15, -0.1) is 0 Å². The summed E-state index contributed by atoms with van der Waals surface area (Å²) in [5.74, 6) is 2.44. The van der Waals surface area contributed by atoms with Crippen molar-refractivity contribution in [3.63, 3.8) is 0 Å². The lowest BCUT2D eigenvalue weighted by atomic mass is 9.52. The van der Waals surface area contributed by atoms with Gasteiger partial charge in [0.2, 0.25) is 0 Å². The van der Waals surface area contributed by atoms with Crippen molar-refractivity contribution in [2.24, 2.45) is 5.92 Å². The number of likely N-dealkylation sites (tertiary alicyclic amines) is 1. The van der Waals surface area contributed by atoms with Gasteiger partial charge in [-0.3, -0.25) is 5.10 Å². The van der Waals surface area contributed by atoms with Crippen molar-refractivity contribution in [3.05, 3.63) is 40.7 Å². The maximum atomic E-state index is 6.61. The molecule has 1 aromatic carbocycles. The van der Waals surface area contributed by atoms with Crippen LogP contribution in [-0.4, -0.2) is 41.8 Å². The number of methoxy groups -OCH3 is 1. The van der Waals surface area contributed by atoms with Gasteiger partial charge in [0, 0.05) is 17.0 Å². The lowest BCUT2D eigenvalue weighted by Crippen LogP contribution is -2.62. The van der Waals surface area contributed by atoms with Gasteiger partial charge in [-0.05, 0) is 56.0 Å². The second-order valence-electron chi connectivity index (χ2n) is 7.79. The molecule has 2 aliphatic carbocycles. The predicted molar refractivity (Wildman–Crippen MR) is 88.6 cm³/mol. The quantitative estimate of drug-likeness (QED) is 0.874. The molecule has 4 unspecified atom stereocenters. The number of aromatic amines is 1. The Hall–Kier alpha value is -2.01. The van der Waals surface area contributed by atoms with Gasteiger partial charge < -0.3 is 14.4 Å². The van der Waals surface area contributed by atoms with Crippen LogP contribution in [0.4, 0.5) is 0 Å². The summed E-state index contributed by atoms with van der Waals surface area (Å²) in [5, 5.41) is 7.58. The van der Waals surface area contributed by atoms with Gasteiger partial charge in [0.25, 0.3) is 0 Å². The molecule has 0 amide bonds. The Bertz CT molecular complexity index is 860. The van der Waals surface area contributed by atoms with E-state index in [4.69, 9.17) is 9.47 Å². The molecule has 1 aromatic heterocycles. The number of H-pyrrole nitrogens is 1. The van der Waals surface area contributed by atoms with Crippen LogP contribution >= 0.6 is 0 Å². The predicted octanol–water partition coefficient (Wildman–Crippen LogP) is 2.22. The number of rotatable bonds is 1. The lowest BCUT2D eigenvalue weighted by molar-refractivity contribution is -0.0256. The number of hydrogen-bond acceptors (Lipinski definition) is 4. The monoisotopic (exact) mass is 323 g/mol. The van der Waals surface area contributed by atoms with Crippen LogP contribution in [0.15, 0.2) is 18.3 Å². The lowest BCUT2D eigenvalue weighted by Gasteiger charge is -2.57. The molecule has 5 nitrogen and oxygen atoms in total. The van der Waals surface area contributed by atoms with Crippen molar-refractivity contribution in [3.8, 4) is 11.5 Å². The Kier molecular flexibility index (Phi) is 2.30. The van der Waals surface area contributed by atoms with Crippen molar-refractivity contribution in [1.29, 1.82) is 0 Å². The molecule has 1 spiro atoms. The fourth-order valence-electron chi connectivity index (χ4n) is 6.02. The topological polar surface area (TPSA) is 50.4 Å². The number of nitrogens with zero attached hydrogens (tertiary/aromatic N) is 2. The number of nitrogens with one attached hydrogen (secondary N) is 1. The largest absolute Gasteiger partial charge is 0.493 e. The zero-order valence-corrected chi connectivity index (χ0v) is 14.0. The van der Waals surface area contributed by atoms with E-state index in [0.717, 1.165) is 37.3 Å². The molecule has 5 heteroatoms. The van der Waals surface area contributed by atoms with E-state index in [1.54, 1.807) is 7.11 Å². The van der Waals surface area contributed by atoms with Crippen molar-refractivity contribution < 1.29 is 9.47 Å². The average Bonchev–Trinajstić information content (AvgIpc) is 3.18. The highest BCUT2D eigenvalue weighted by molar-refractivity contribution is 5.62. The smallest absolute Gasteiger partial charge is 0.166 e. The molecule has 2 aromatic rings. The van der Waals surface area contributed by atoms with E-state index in [2.05, 4.69) is 34.3 Å². The maximum Gasteiger partial charge on any atom is 0.166 e. The van der Waals surface area contributed by atoms with Crippen molar-refractivity contribution in [2.45, 2.75) is 36.8 Å². The molecular formula is C19H21N3O2. The van der Waals surface area contributed by atoms with E-state index < -0.39 is 0 Å². The molecule has 1 fully saturated rings. The second-order valence-corrected chi connectivity index (χ2v) is 7.79. The summed E-state index contributed by atoms with van der Waals surface area (Å²) < 4.78 is 12.2. The Balaban J connectivity index is 1.69. The highest BCUT2D eigenvalue weighted by atomic mass is 16.5. The van der Waals surface area contributed by atoms with Gasteiger partial charge in [-0.25, -0.2) is 0 Å². The SMILES string of the molecule is COc1ccc2c3c1OC1c4[nH]ncc4CC4C(C2)N(C)CCC314. The first-order chi connectivity index (χ1) is 11.7. The first kappa shape index (κ1) is 13.3. The normalized spacial score (nSPS) is 35.2. The van der Waals surface area contributed by atoms with Gasteiger partial charge in [0.05, 0.1) is 19.0 Å². The van der Waals surface area contributed by atoms with Crippen molar-refractivity contribution >= 4 is 0 Å². The summed E-state index contributed by atoms with van der Waals surface area (Å²) in [6.07, 6.45) is 5.39. The number of hydrogen-bond donors (Lipinski definition) is 1. The van der Waals surface area contributed by atoms with E-state index in [0.29, 0.717) is 12.0 Å². The number of fused-ring (bicyclic) bond motifs is 2.